The van der Waals surface area contributed by atoms with E-state index < -0.39 is 0 Å². The Morgan fingerprint density at radius 2 is 1.85 bits per heavy atom. The van der Waals surface area contributed by atoms with Crippen molar-refractivity contribution >= 4 is 0 Å². The zero-order valence-electron chi connectivity index (χ0n) is 9.30. The number of nitrogens with zero attached hydrogens (tertiary/aromatic N) is 1. The molecular weight excluding hydrogens is 160 g/mol. The third-order valence-corrected chi connectivity index (χ3v) is 2.39. The molecule has 1 N–H and O–H groups in total. The molecule has 0 aliphatic carbocycles. The molecule has 1 heterocycles. The quantitative estimate of drug-likeness (QED) is 0.653. The average Bonchev–Trinajstić information content (AvgIpc) is 1.99. The number of piperazine rings is 1. The molecule has 0 aromatic rings. The summed E-state index contributed by atoms with van der Waals surface area (Å²) in [6.07, 6.45) is 2.31. The maximum absolute atomic E-state index is 3.53. The third kappa shape index (κ3) is 3.92. The summed E-state index contributed by atoms with van der Waals surface area (Å²) in [5, 5.41) is 3.53. The van der Waals surface area contributed by atoms with Gasteiger partial charge in [0.15, 0.2) is 0 Å². The smallest absolute Gasteiger partial charge is 0.0169 e. The molecule has 2 atom stereocenters. The van der Waals surface area contributed by atoms with Crippen LogP contribution in [0.4, 0.5) is 0 Å². The van der Waals surface area contributed by atoms with Gasteiger partial charge in [0.05, 0.1) is 0 Å². The molecule has 0 radical (unpaired) electrons. The summed E-state index contributed by atoms with van der Waals surface area (Å²) in [6.45, 7) is 12.3. The largest absolute Gasteiger partial charge is 0.309 e. The van der Waals surface area contributed by atoms with Gasteiger partial charge >= 0.3 is 0 Å². The molecule has 0 bridgehead atoms. The van der Waals surface area contributed by atoms with Gasteiger partial charge in [-0.25, -0.2) is 0 Å². The Morgan fingerprint density at radius 1 is 1.31 bits per heavy atom. The van der Waals surface area contributed by atoms with Crippen LogP contribution in [0.3, 0.4) is 0 Å². The first-order chi connectivity index (χ1) is 6.08. The molecule has 0 saturated carbocycles. The highest BCUT2D eigenvalue weighted by Crippen LogP contribution is 2.04. The maximum Gasteiger partial charge on any atom is 0.0169 e. The van der Waals surface area contributed by atoms with Crippen molar-refractivity contribution < 1.29 is 0 Å². The highest BCUT2D eigenvalue weighted by molar-refractivity contribution is 4.96. The number of hydrogen-bond acceptors (Lipinski definition) is 2. The van der Waals surface area contributed by atoms with Gasteiger partial charge in [0.25, 0.3) is 0 Å². The van der Waals surface area contributed by atoms with Crippen LogP contribution in [0.15, 0.2) is 11.6 Å². The fourth-order valence-electron chi connectivity index (χ4n) is 1.90. The van der Waals surface area contributed by atoms with Crippen molar-refractivity contribution in [2.75, 3.05) is 19.6 Å². The molecule has 0 aromatic carbocycles. The van der Waals surface area contributed by atoms with Crippen molar-refractivity contribution in [3.8, 4) is 0 Å². The van der Waals surface area contributed by atoms with E-state index in [0.717, 1.165) is 6.54 Å². The van der Waals surface area contributed by atoms with Crippen molar-refractivity contribution in [2.24, 2.45) is 0 Å². The number of hydrogen-bond donors (Lipinski definition) is 1. The first-order valence-corrected chi connectivity index (χ1v) is 5.19. The Morgan fingerprint density at radius 3 is 2.31 bits per heavy atom. The second-order valence-electron chi connectivity index (χ2n) is 4.47. The van der Waals surface area contributed by atoms with E-state index in [4.69, 9.17) is 0 Å². The van der Waals surface area contributed by atoms with E-state index in [1.807, 2.05) is 0 Å². The fraction of sp³-hybridized carbons (Fsp3) is 0.818. The van der Waals surface area contributed by atoms with Crippen LogP contribution in [-0.4, -0.2) is 36.6 Å². The Balaban J connectivity index is 2.37. The summed E-state index contributed by atoms with van der Waals surface area (Å²) in [6, 6.07) is 1.27. The second-order valence-corrected chi connectivity index (χ2v) is 4.47. The normalized spacial score (nSPS) is 30.2. The van der Waals surface area contributed by atoms with Gasteiger partial charge in [-0.05, 0) is 27.7 Å². The van der Waals surface area contributed by atoms with Crippen molar-refractivity contribution in [1.82, 2.24) is 10.2 Å². The van der Waals surface area contributed by atoms with Gasteiger partial charge in [0.2, 0.25) is 0 Å². The summed E-state index contributed by atoms with van der Waals surface area (Å²) in [5.41, 5.74) is 1.42. The van der Waals surface area contributed by atoms with Gasteiger partial charge < -0.3 is 5.32 Å². The fourth-order valence-corrected chi connectivity index (χ4v) is 1.90. The van der Waals surface area contributed by atoms with Crippen LogP contribution in [0.25, 0.3) is 0 Å². The van der Waals surface area contributed by atoms with Crippen molar-refractivity contribution in [2.45, 2.75) is 39.8 Å². The summed E-state index contributed by atoms with van der Waals surface area (Å²) >= 11 is 0. The van der Waals surface area contributed by atoms with E-state index in [0.29, 0.717) is 12.1 Å². The van der Waals surface area contributed by atoms with Gasteiger partial charge in [0, 0.05) is 31.7 Å². The van der Waals surface area contributed by atoms with Crippen LogP contribution in [0.1, 0.15) is 27.7 Å². The molecule has 1 rings (SSSR count). The molecule has 0 amide bonds. The van der Waals surface area contributed by atoms with E-state index in [-0.39, 0.29) is 0 Å². The summed E-state index contributed by atoms with van der Waals surface area (Å²) in [5.74, 6) is 0. The first-order valence-electron chi connectivity index (χ1n) is 5.19. The van der Waals surface area contributed by atoms with Gasteiger partial charge in [-0.2, -0.15) is 0 Å². The lowest BCUT2D eigenvalue weighted by Gasteiger charge is -2.35. The topological polar surface area (TPSA) is 15.3 Å². The van der Waals surface area contributed by atoms with Crippen LogP contribution >= 0.6 is 0 Å². The molecule has 0 spiro atoms. The van der Waals surface area contributed by atoms with E-state index in [2.05, 4.69) is 44.0 Å². The lowest BCUT2D eigenvalue weighted by molar-refractivity contribution is 0.189. The highest BCUT2D eigenvalue weighted by Gasteiger charge is 2.19. The number of nitrogens with one attached hydrogen (secondary N) is 1. The van der Waals surface area contributed by atoms with Crippen molar-refractivity contribution in [3.05, 3.63) is 11.6 Å². The predicted octanol–water partition coefficient (Wildman–Crippen LogP) is 1.63. The van der Waals surface area contributed by atoms with Gasteiger partial charge in [-0.1, -0.05) is 11.6 Å². The van der Waals surface area contributed by atoms with Crippen LogP contribution in [0.5, 0.6) is 0 Å². The molecule has 2 nitrogen and oxygen atoms in total. The Labute approximate surface area is 82.0 Å². The third-order valence-electron chi connectivity index (χ3n) is 2.39. The zero-order valence-corrected chi connectivity index (χ0v) is 9.30. The van der Waals surface area contributed by atoms with Crippen LogP contribution in [-0.2, 0) is 0 Å². The minimum absolute atomic E-state index is 0.634. The number of allylic oxidation sites excluding steroid dienone is 1. The lowest BCUT2D eigenvalue weighted by atomic mass is 10.1. The number of rotatable bonds is 2. The monoisotopic (exact) mass is 182 g/mol. The average molecular weight is 182 g/mol. The molecule has 2 heteroatoms. The van der Waals surface area contributed by atoms with Crippen LogP contribution < -0.4 is 5.32 Å². The molecule has 1 aliphatic heterocycles. The highest BCUT2D eigenvalue weighted by atomic mass is 15.2. The standard InChI is InChI=1S/C11H22N2/c1-9(2)5-6-13-7-10(3)12-11(4)8-13/h5,10-12H,6-8H2,1-4H3. The van der Waals surface area contributed by atoms with Gasteiger partial charge in [-0.3, -0.25) is 4.90 Å². The van der Waals surface area contributed by atoms with Crippen LogP contribution in [0.2, 0.25) is 0 Å². The molecular formula is C11H22N2. The van der Waals surface area contributed by atoms with E-state index in [9.17, 15) is 0 Å². The summed E-state index contributed by atoms with van der Waals surface area (Å²) in [4.78, 5) is 2.51. The minimum Gasteiger partial charge on any atom is -0.309 e. The summed E-state index contributed by atoms with van der Waals surface area (Å²) < 4.78 is 0. The second kappa shape index (κ2) is 4.77. The SMILES string of the molecule is CC(C)=CCN1CC(C)NC(C)C1. The summed E-state index contributed by atoms with van der Waals surface area (Å²) in [7, 11) is 0. The molecule has 76 valence electrons. The van der Waals surface area contributed by atoms with E-state index in [1.165, 1.54) is 18.7 Å². The molecule has 0 aromatic heterocycles. The van der Waals surface area contributed by atoms with E-state index in [1.54, 1.807) is 0 Å². The molecule has 13 heavy (non-hydrogen) atoms. The Kier molecular flexibility index (Phi) is 3.94. The Bertz CT molecular complexity index is 173. The van der Waals surface area contributed by atoms with Gasteiger partial charge in [-0.15, -0.1) is 0 Å². The zero-order chi connectivity index (χ0) is 9.84. The first kappa shape index (κ1) is 10.7. The van der Waals surface area contributed by atoms with Crippen molar-refractivity contribution in [3.63, 3.8) is 0 Å². The molecule has 1 aliphatic rings. The predicted molar refractivity (Wildman–Crippen MR) is 57.9 cm³/mol. The lowest BCUT2D eigenvalue weighted by Crippen LogP contribution is -2.54. The minimum atomic E-state index is 0.634. The Hall–Kier alpha value is -0.340. The van der Waals surface area contributed by atoms with Gasteiger partial charge in [0.1, 0.15) is 0 Å². The maximum atomic E-state index is 3.53. The van der Waals surface area contributed by atoms with E-state index >= 15 is 0 Å². The van der Waals surface area contributed by atoms with Crippen molar-refractivity contribution in [1.29, 1.82) is 0 Å². The molecule has 1 saturated heterocycles. The molecule has 2 unspecified atom stereocenters. The van der Waals surface area contributed by atoms with Crippen LogP contribution in [0, 0.1) is 0 Å². The molecule has 1 fully saturated rings.